The molecule has 1 aliphatic rings. The van der Waals surface area contributed by atoms with E-state index in [4.69, 9.17) is 4.28 Å². The topological polar surface area (TPSA) is 41.6 Å². The van der Waals surface area contributed by atoms with Gasteiger partial charge in [0.15, 0.2) is 0 Å². The minimum Gasteiger partial charge on any atom is -0.355 e. The Morgan fingerprint density at radius 3 is 3.00 bits per heavy atom. The van der Waals surface area contributed by atoms with Crippen molar-refractivity contribution < 1.29 is 9.08 Å². The zero-order valence-corrected chi connectivity index (χ0v) is 9.76. The van der Waals surface area contributed by atoms with Crippen molar-refractivity contribution in [2.45, 2.75) is 38.0 Å². The monoisotopic (exact) mass is 218 g/mol. The van der Waals surface area contributed by atoms with E-state index in [1.807, 2.05) is 14.0 Å². The number of nitrogens with one attached hydrogen (secondary N) is 1. The highest BCUT2D eigenvalue weighted by atomic mass is 32.2. The van der Waals surface area contributed by atoms with Crippen molar-refractivity contribution in [1.82, 2.24) is 10.4 Å². The summed E-state index contributed by atoms with van der Waals surface area (Å²) in [5, 5.41) is 4.60. The van der Waals surface area contributed by atoms with Gasteiger partial charge >= 0.3 is 0 Å². The van der Waals surface area contributed by atoms with Gasteiger partial charge in [-0.05, 0) is 19.8 Å². The summed E-state index contributed by atoms with van der Waals surface area (Å²) in [4.78, 5) is 11.6. The van der Waals surface area contributed by atoms with E-state index in [-0.39, 0.29) is 11.2 Å². The Labute approximate surface area is 89.5 Å². The first-order valence-electron chi connectivity index (χ1n) is 4.99. The maximum atomic E-state index is 11.6. The molecule has 0 spiro atoms. The molecule has 0 bridgehead atoms. The van der Waals surface area contributed by atoms with Crippen molar-refractivity contribution in [3.05, 3.63) is 0 Å². The number of amides is 1. The molecule has 0 aromatic carbocycles. The van der Waals surface area contributed by atoms with Crippen molar-refractivity contribution in [3.63, 3.8) is 0 Å². The zero-order valence-electron chi connectivity index (χ0n) is 8.95. The molecule has 5 heteroatoms. The van der Waals surface area contributed by atoms with Gasteiger partial charge in [0, 0.05) is 31.7 Å². The molecule has 2 unspecified atom stereocenters. The molecule has 82 valence electrons. The molecule has 1 rings (SSSR count). The van der Waals surface area contributed by atoms with Crippen molar-refractivity contribution in [1.29, 1.82) is 0 Å². The fraction of sp³-hybridized carbons (Fsp3) is 0.889. The van der Waals surface area contributed by atoms with Crippen LogP contribution in [-0.2, 0) is 9.08 Å². The number of hydrogen-bond donors (Lipinski definition) is 1. The highest BCUT2D eigenvalue weighted by molar-refractivity contribution is 7.96. The summed E-state index contributed by atoms with van der Waals surface area (Å²) in [7, 11) is 1.89. The minimum absolute atomic E-state index is 0.0623. The summed E-state index contributed by atoms with van der Waals surface area (Å²) < 4.78 is 5.29. The predicted molar refractivity (Wildman–Crippen MR) is 57.6 cm³/mol. The molecule has 1 amide bonds. The summed E-state index contributed by atoms with van der Waals surface area (Å²) in [6.07, 6.45) is 1.82. The molecule has 14 heavy (non-hydrogen) atoms. The summed E-state index contributed by atoms with van der Waals surface area (Å²) in [6.45, 7) is 4.85. The highest BCUT2D eigenvalue weighted by Gasteiger charge is 2.29. The summed E-state index contributed by atoms with van der Waals surface area (Å²) >= 11 is 1.25. The third-order valence-electron chi connectivity index (χ3n) is 2.29. The van der Waals surface area contributed by atoms with E-state index in [1.54, 1.807) is 5.06 Å². The van der Waals surface area contributed by atoms with Gasteiger partial charge < -0.3 is 5.32 Å². The van der Waals surface area contributed by atoms with Crippen LogP contribution < -0.4 is 5.32 Å². The first kappa shape index (κ1) is 11.8. The van der Waals surface area contributed by atoms with Gasteiger partial charge in [0.25, 0.3) is 0 Å². The fourth-order valence-electron chi connectivity index (χ4n) is 1.20. The molecule has 1 fully saturated rings. The van der Waals surface area contributed by atoms with Gasteiger partial charge in [-0.25, -0.2) is 4.28 Å². The number of carbonyl (C=O) groups is 1. The molecule has 4 nitrogen and oxygen atoms in total. The van der Waals surface area contributed by atoms with Crippen LogP contribution in [0.15, 0.2) is 0 Å². The van der Waals surface area contributed by atoms with Gasteiger partial charge in [-0.3, -0.25) is 4.79 Å². The second kappa shape index (κ2) is 5.58. The van der Waals surface area contributed by atoms with Crippen LogP contribution in [0.5, 0.6) is 0 Å². The van der Waals surface area contributed by atoms with Crippen molar-refractivity contribution in [3.8, 4) is 0 Å². The lowest BCUT2D eigenvalue weighted by Crippen LogP contribution is -2.42. The number of hydroxylamine groups is 2. The number of nitrogens with zero attached hydrogens (tertiary/aromatic N) is 1. The molecule has 1 aliphatic heterocycles. The van der Waals surface area contributed by atoms with Gasteiger partial charge in [0.2, 0.25) is 5.91 Å². The molecule has 1 N–H and O–H groups in total. The van der Waals surface area contributed by atoms with Crippen LogP contribution in [0.1, 0.15) is 26.7 Å². The maximum Gasteiger partial charge on any atom is 0.235 e. The van der Waals surface area contributed by atoms with Crippen LogP contribution in [0.25, 0.3) is 0 Å². The van der Waals surface area contributed by atoms with Gasteiger partial charge in [0.1, 0.15) is 5.25 Å². The van der Waals surface area contributed by atoms with Gasteiger partial charge in [-0.1, -0.05) is 6.92 Å². The molecular weight excluding hydrogens is 200 g/mol. The van der Waals surface area contributed by atoms with Gasteiger partial charge in [-0.2, -0.15) is 5.06 Å². The summed E-state index contributed by atoms with van der Waals surface area (Å²) in [5.74, 6) is 0.0943. The number of hydrogen-bond acceptors (Lipinski definition) is 4. The SMILES string of the molecule is CCCNC(=O)C1CC(C)N(C)OS1. The van der Waals surface area contributed by atoms with Crippen LogP contribution >= 0.6 is 12.0 Å². The Hall–Kier alpha value is -0.260. The van der Waals surface area contributed by atoms with Crippen molar-refractivity contribution in [2.24, 2.45) is 0 Å². The minimum atomic E-state index is -0.0623. The standard InChI is InChI=1S/C9H18N2O2S/c1-4-5-10-9(12)8-6-7(2)11(3)13-14-8/h7-8H,4-6H2,1-3H3,(H,10,12). The quantitative estimate of drug-likeness (QED) is 0.722. The fourth-order valence-corrected chi connectivity index (χ4v) is 2.12. The highest BCUT2D eigenvalue weighted by Crippen LogP contribution is 2.27. The first-order chi connectivity index (χ1) is 6.65. The number of rotatable bonds is 3. The third-order valence-corrected chi connectivity index (χ3v) is 3.25. The van der Waals surface area contributed by atoms with Gasteiger partial charge in [-0.15, -0.1) is 0 Å². The summed E-state index contributed by atoms with van der Waals surface area (Å²) in [5.41, 5.74) is 0. The molecule has 0 aliphatic carbocycles. The van der Waals surface area contributed by atoms with Gasteiger partial charge in [0.05, 0.1) is 0 Å². The predicted octanol–water partition coefficient (Wildman–Crippen LogP) is 1.18. The first-order valence-corrected chi connectivity index (χ1v) is 5.79. The maximum absolute atomic E-state index is 11.6. The van der Waals surface area contributed by atoms with Crippen LogP contribution in [-0.4, -0.2) is 35.9 Å². The average Bonchev–Trinajstić information content (AvgIpc) is 2.18. The van der Waals surface area contributed by atoms with E-state index in [0.717, 1.165) is 19.4 Å². The molecule has 0 aromatic heterocycles. The summed E-state index contributed by atoms with van der Waals surface area (Å²) in [6, 6.07) is 0.300. The molecule has 0 aromatic rings. The Morgan fingerprint density at radius 2 is 2.43 bits per heavy atom. The van der Waals surface area contributed by atoms with Crippen LogP contribution in [0.3, 0.4) is 0 Å². The Balaban J connectivity index is 2.34. The zero-order chi connectivity index (χ0) is 10.6. The molecular formula is C9H18N2O2S. The van der Waals surface area contributed by atoms with Crippen molar-refractivity contribution in [2.75, 3.05) is 13.6 Å². The molecule has 0 saturated carbocycles. The van der Waals surface area contributed by atoms with E-state index in [1.165, 1.54) is 12.0 Å². The Bertz CT molecular complexity index is 201. The van der Waals surface area contributed by atoms with E-state index < -0.39 is 0 Å². The average molecular weight is 218 g/mol. The lowest BCUT2D eigenvalue weighted by molar-refractivity contribution is -0.123. The van der Waals surface area contributed by atoms with E-state index >= 15 is 0 Å². The lowest BCUT2D eigenvalue weighted by Gasteiger charge is -2.31. The van der Waals surface area contributed by atoms with Crippen LogP contribution in [0.2, 0.25) is 0 Å². The molecule has 1 heterocycles. The largest absolute Gasteiger partial charge is 0.355 e. The Kier molecular flexibility index (Phi) is 4.71. The normalized spacial score (nSPS) is 28.8. The third kappa shape index (κ3) is 3.15. The van der Waals surface area contributed by atoms with Crippen LogP contribution in [0, 0.1) is 0 Å². The van der Waals surface area contributed by atoms with Crippen molar-refractivity contribution >= 4 is 17.9 Å². The number of carbonyl (C=O) groups excluding carboxylic acids is 1. The smallest absolute Gasteiger partial charge is 0.235 e. The lowest BCUT2D eigenvalue weighted by atomic mass is 10.1. The van der Waals surface area contributed by atoms with E-state index in [9.17, 15) is 4.79 Å². The Morgan fingerprint density at radius 1 is 1.71 bits per heavy atom. The van der Waals surface area contributed by atoms with E-state index in [0.29, 0.717) is 6.04 Å². The van der Waals surface area contributed by atoms with Crippen LogP contribution in [0.4, 0.5) is 0 Å². The second-order valence-corrected chi connectivity index (χ2v) is 4.49. The second-order valence-electron chi connectivity index (χ2n) is 3.58. The molecule has 1 saturated heterocycles. The molecule has 0 radical (unpaired) electrons. The van der Waals surface area contributed by atoms with E-state index in [2.05, 4.69) is 12.2 Å². The molecule has 2 atom stereocenters.